The Balaban J connectivity index is 1.96. The fourth-order valence-corrected chi connectivity index (χ4v) is 2.07. The molecule has 0 aromatic heterocycles. The SMILES string of the molecule is O=C(CNCC(F)(F)F)Nc1cc2c(cc1Cl)NC(=O)C2. The molecule has 1 aromatic carbocycles. The van der Waals surface area contributed by atoms with Crippen LogP contribution in [0.15, 0.2) is 12.1 Å². The van der Waals surface area contributed by atoms with Crippen LogP contribution in [0.25, 0.3) is 0 Å². The molecular weight excluding hydrogens is 311 g/mol. The molecule has 9 heteroatoms. The third kappa shape index (κ3) is 4.33. The van der Waals surface area contributed by atoms with E-state index < -0.39 is 25.2 Å². The summed E-state index contributed by atoms with van der Waals surface area (Å²) >= 11 is 5.94. The van der Waals surface area contributed by atoms with Crippen LogP contribution in [-0.2, 0) is 16.0 Å². The lowest BCUT2D eigenvalue weighted by atomic mass is 10.1. The standard InChI is InChI=1S/C12H11ClF3N3O2/c13-7-3-8-6(2-10(20)18-8)1-9(7)19-11(21)4-17-5-12(14,15)16/h1,3,17H,2,4-5H2,(H,18,20)(H,19,21). The lowest BCUT2D eigenvalue weighted by Gasteiger charge is -2.11. The van der Waals surface area contributed by atoms with Gasteiger partial charge in [-0.1, -0.05) is 11.6 Å². The van der Waals surface area contributed by atoms with Gasteiger partial charge in [-0.15, -0.1) is 0 Å². The largest absolute Gasteiger partial charge is 0.401 e. The zero-order chi connectivity index (χ0) is 15.6. The van der Waals surface area contributed by atoms with E-state index in [1.165, 1.54) is 12.1 Å². The number of hydrogen-bond acceptors (Lipinski definition) is 3. The van der Waals surface area contributed by atoms with E-state index in [2.05, 4.69) is 10.6 Å². The number of anilines is 2. The van der Waals surface area contributed by atoms with Gasteiger partial charge in [-0.2, -0.15) is 13.2 Å². The summed E-state index contributed by atoms with van der Waals surface area (Å²) in [5.41, 5.74) is 1.49. The van der Waals surface area contributed by atoms with Crippen LogP contribution < -0.4 is 16.0 Å². The second-order valence-electron chi connectivity index (χ2n) is 4.48. The van der Waals surface area contributed by atoms with Crippen LogP contribution in [0.2, 0.25) is 5.02 Å². The molecule has 0 saturated heterocycles. The third-order valence-electron chi connectivity index (χ3n) is 2.70. The molecule has 2 rings (SSSR count). The lowest BCUT2D eigenvalue weighted by Crippen LogP contribution is -2.35. The molecule has 3 N–H and O–H groups in total. The molecule has 21 heavy (non-hydrogen) atoms. The smallest absolute Gasteiger partial charge is 0.325 e. The van der Waals surface area contributed by atoms with Crippen molar-refractivity contribution in [2.45, 2.75) is 12.6 Å². The number of rotatable bonds is 4. The Bertz CT molecular complexity index is 590. The number of hydrogen-bond donors (Lipinski definition) is 3. The topological polar surface area (TPSA) is 70.2 Å². The zero-order valence-electron chi connectivity index (χ0n) is 10.6. The minimum absolute atomic E-state index is 0.168. The first-order valence-corrected chi connectivity index (χ1v) is 6.32. The first kappa shape index (κ1) is 15.6. The third-order valence-corrected chi connectivity index (χ3v) is 3.02. The Labute approximate surface area is 122 Å². The average molecular weight is 322 g/mol. The molecule has 0 fully saturated rings. The summed E-state index contributed by atoms with van der Waals surface area (Å²) in [6, 6.07) is 3.01. The van der Waals surface area contributed by atoms with Gasteiger partial charge in [0.15, 0.2) is 0 Å². The van der Waals surface area contributed by atoms with Gasteiger partial charge in [0.25, 0.3) is 0 Å². The van der Waals surface area contributed by atoms with E-state index >= 15 is 0 Å². The maximum Gasteiger partial charge on any atom is 0.401 e. The maximum absolute atomic E-state index is 11.9. The van der Waals surface area contributed by atoms with Crippen molar-refractivity contribution < 1.29 is 22.8 Å². The minimum Gasteiger partial charge on any atom is -0.325 e. The van der Waals surface area contributed by atoms with Crippen molar-refractivity contribution in [1.29, 1.82) is 0 Å². The van der Waals surface area contributed by atoms with Crippen molar-refractivity contribution in [1.82, 2.24) is 5.32 Å². The van der Waals surface area contributed by atoms with Crippen LogP contribution in [0.1, 0.15) is 5.56 Å². The summed E-state index contributed by atoms with van der Waals surface area (Å²) in [5, 5.41) is 7.17. The summed E-state index contributed by atoms with van der Waals surface area (Å²) in [7, 11) is 0. The molecule has 0 bridgehead atoms. The van der Waals surface area contributed by atoms with Crippen molar-refractivity contribution in [2.75, 3.05) is 23.7 Å². The Morgan fingerprint density at radius 2 is 2.10 bits per heavy atom. The molecule has 1 aliphatic rings. The van der Waals surface area contributed by atoms with Gasteiger partial charge in [-0.25, -0.2) is 0 Å². The molecule has 0 unspecified atom stereocenters. The van der Waals surface area contributed by atoms with E-state index in [-0.39, 0.29) is 23.0 Å². The highest BCUT2D eigenvalue weighted by Gasteiger charge is 2.26. The molecule has 2 amide bonds. The summed E-state index contributed by atoms with van der Waals surface area (Å²) in [5.74, 6) is -0.838. The zero-order valence-corrected chi connectivity index (χ0v) is 11.4. The van der Waals surface area contributed by atoms with Crippen molar-refractivity contribution in [3.63, 3.8) is 0 Å². The fraction of sp³-hybridized carbons (Fsp3) is 0.333. The first-order chi connectivity index (χ1) is 9.74. The van der Waals surface area contributed by atoms with Crippen LogP contribution in [-0.4, -0.2) is 31.1 Å². The van der Waals surface area contributed by atoms with Crippen molar-refractivity contribution in [3.8, 4) is 0 Å². The second kappa shape index (κ2) is 5.90. The first-order valence-electron chi connectivity index (χ1n) is 5.94. The van der Waals surface area contributed by atoms with Crippen LogP contribution in [0.3, 0.4) is 0 Å². The number of carbonyl (C=O) groups excluding carboxylic acids is 2. The molecule has 114 valence electrons. The van der Waals surface area contributed by atoms with Crippen LogP contribution in [0, 0.1) is 0 Å². The van der Waals surface area contributed by atoms with Gasteiger partial charge >= 0.3 is 6.18 Å². The fourth-order valence-electron chi connectivity index (χ4n) is 1.86. The van der Waals surface area contributed by atoms with Crippen molar-refractivity contribution in [3.05, 3.63) is 22.7 Å². The number of carbonyl (C=O) groups is 2. The molecular formula is C12H11ClF3N3O2. The van der Waals surface area contributed by atoms with Gasteiger partial charge < -0.3 is 16.0 Å². The van der Waals surface area contributed by atoms with Crippen LogP contribution >= 0.6 is 11.6 Å². The normalized spacial score (nSPS) is 13.8. The van der Waals surface area contributed by atoms with E-state index in [0.717, 1.165) is 0 Å². The number of benzene rings is 1. The molecule has 1 aliphatic heterocycles. The lowest BCUT2D eigenvalue weighted by molar-refractivity contribution is -0.127. The Kier molecular flexibility index (Phi) is 4.38. The minimum atomic E-state index is -4.38. The Morgan fingerprint density at radius 1 is 1.38 bits per heavy atom. The van der Waals surface area contributed by atoms with E-state index in [0.29, 0.717) is 11.3 Å². The second-order valence-corrected chi connectivity index (χ2v) is 4.89. The van der Waals surface area contributed by atoms with Gasteiger partial charge in [-0.05, 0) is 17.7 Å². The van der Waals surface area contributed by atoms with E-state index in [1.54, 1.807) is 0 Å². The average Bonchev–Trinajstić information content (AvgIpc) is 2.67. The number of halogens is 4. The Hall–Kier alpha value is -1.80. The Morgan fingerprint density at radius 3 is 2.76 bits per heavy atom. The van der Waals surface area contributed by atoms with E-state index in [9.17, 15) is 22.8 Å². The van der Waals surface area contributed by atoms with Gasteiger partial charge in [-0.3, -0.25) is 9.59 Å². The predicted octanol–water partition coefficient (Wildman–Crippen LogP) is 1.93. The van der Waals surface area contributed by atoms with E-state index in [4.69, 9.17) is 11.6 Å². The van der Waals surface area contributed by atoms with E-state index in [1.807, 2.05) is 5.32 Å². The molecule has 0 atom stereocenters. The molecule has 0 radical (unpaired) electrons. The number of amides is 2. The van der Waals surface area contributed by atoms with Crippen LogP contribution in [0.4, 0.5) is 24.5 Å². The molecule has 0 aliphatic carbocycles. The summed E-state index contributed by atoms with van der Waals surface area (Å²) < 4.78 is 35.8. The number of nitrogens with one attached hydrogen (secondary N) is 3. The molecule has 1 aromatic rings. The monoisotopic (exact) mass is 321 g/mol. The summed E-state index contributed by atoms with van der Waals surface area (Å²) in [6.45, 7) is -1.75. The van der Waals surface area contributed by atoms with Gasteiger partial charge in [0.1, 0.15) is 0 Å². The van der Waals surface area contributed by atoms with Crippen molar-refractivity contribution in [2.24, 2.45) is 0 Å². The van der Waals surface area contributed by atoms with Crippen LogP contribution in [0.5, 0.6) is 0 Å². The summed E-state index contributed by atoms with van der Waals surface area (Å²) in [6.07, 6.45) is -4.21. The number of fused-ring (bicyclic) bond motifs is 1. The molecule has 5 nitrogen and oxygen atoms in total. The molecule has 1 heterocycles. The quantitative estimate of drug-likeness (QED) is 0.793. The van der Waals surface area contributed by atoms with Gasteiger partial charge in [0.2, 0.25) is 11.8 Å². The molecule has 0 saturated carbocycles. The highest BCUT2D eigenvalue weighted by atomic mass is 35.5. The summed E-state index contributed by atoms with van der Waals surface area (Å²) in [4.78, 5) is 22.8. The highest BCUT2D eigenvalue weighted by Crippen LogP contribution is 2.32. The number of alkyl halides is 3. The highest BCUT2D eigenvalue weighted by molar-refractivity contribution is 6.34. The predicted molar refractivity (Wildman–Crippen MR) is 71.3 cm³/mol. The van der Waals surface area contributed by atoms with Crippen molar-refractivity contribution >= 4 is 34.8 Å². The van der Waals surface area contributed by atoms with Gasteiger partial charge in [0.05, 0.1) is 30.2 Å². The maximum atomic E-state index is 11.9. The van der Waals surface area contributed by atoms with Gasteiger partial charge in [0, 0.05) is 5.69 Å². The molecule has 0 spiro atoms.